The lowest BCUT2D eigenvalue weighted by atomic mass is 9.76. The predicted molar refractivity (Wildman–Crippen MR) is 129 cm³/mol. The van der Waals surface area contributed by atoms with Crippen LogP contribution in [0.4, 0.5) is 0 Å². The summed E-state index contributed by atoms with van der Waals surface area (Å²) in [4.78, 5) is 0. The summed E-state index contributed by atoms with van der Waals surface area (Å²) < 4.78 is 2.02. The Morgan fingerprint density at radius 3 is 2.66 bits per heavy atom. The summed E-state index contributed by atoms with van der Waals surface area (Å²) in [5.41, 5.74) is 1.38. The van der Waals surface area contributed by atoms with Gasteiger partial charge in [0.05, 0.1) is 12.0 Å². The largest absolute Gasteiger partial charge is 0.762 e. The Morgan fingerprint density at radius 2 is 1.94 bits per heavy atom. The van der Waals surface area contributed by atoms with Crippen molar-refractivity contribution in [3.05, 3.63) is 110 Å². The van der Waals surface area contributed by atoms with Crippen LogP contribution in [-0.2, 0) is 18.4 Å². The first-order valence-corrected chi connectivity index (χ1v) is 11.7. The van der Waals surface area contributed by atoms with Gasteiger partial charge in [0.25, 0.3) is 0 Å². The number of nitrogens with one attached hydrogen (secondary N) is 1. The summed E-state index contributed by atoms with van der Waals surface area (Å²) in [7, 11) is 0. The molecule has 0 radical (unpaired) electrons. The minimum atomic E-state index is -1.55. The number of nitrogens with zero attached hydrogens (tertiary/aromatic N) is 2. The Kier molecular flexibility index (Phi) is 5.36. The average Bonchev–Trinajstić information content (AvgIpc) is 3.33. The number of hydrogen-bond acceptors (Lipinski definition) is 5. The third-order valence-corrected chi connectivity index (χ3v) is 7.19. The Labute approximate surface area is 200 Å². The lowest BCUT2D eigenvalue weighted by Gasteiger charge is -2.45. The van der Waals surface area contributed by atoms with Gasteiger partial charge in [0.2, 0.25) is 17.3 Å². The van der Waals surface area contributed by atoms with Crippen molar-refractivity contribution in [1.82, 2.24) is 5.32 Å². The van der Waals surface area contributed by atoms with Crippen LogP contribution in [0.5, 0.6) is 0 Å². The zero-order chi connectivity index (χ0) is 22.3. The molecule has 3 atom stereocenters. The Morgan fingerprint density at radius 1 is 1.12 bits per heavy atom. The number of nitriles is 1. The molecule has 2 aromatic heterocycles. The molecule has 0 aliphatic carbocycles. The summed E-state index contributed by atoms with van der Waals surface area (Å²) in [5.74, 6) is -0.448. The van der Waals surface area contributed by atoms with Crippen molar-refractivity contribution in [2.75, 3.05) is 0 Å². The molecule has 0 saturated carbocycles. The lowest BCUT2D eigenvalue weighted by Crippen LogP contribution is -2.62. The molecule has 32 heavy (non-hydrogen) atoms. The van der Waals surface area contributed by atoms with E-state index in [0.717, 1.165) is 16.5 Å². The molecule has 0 bridgehead atoms. The molecule has 5 rings (SSSR count). The second kappa shape index (κ2) is 8.19. The molecule has 158 valence electrons. The fraction of sp³-hybridized carbons (Fsp3) is 0.120. The van der Waals surface area contributed by atoms with E-state index in [4.69, 9.17) is 24.2 Å². The number of hydrogen-bond donors (Lipinski definition) is 2. The summed E-state index contributed by atoms with van der Waals surface area (Å²) in [6.07, 6.45) is 1.93. The topological polar surface area (TPSA) is 59.9 Å². The molecule has 3 unspecified atom stereocenters. The second-order valence-corrected chi connectivity index (χ2v) is 9.33. The van der Waals surface area contributed by atoms with Crippen LogP contribution in [0, 0.1) is 11.3 Å². The highest BCUT2D eigenvalue weighted by Gasteiger charge is 2.54. The molecule has 4 aromatic rings. The molecule has 2 N–H and O–H groups in total. The third-order valence-electron chi connectivity index (χ3n) is 5.93. The highest BCUT2D eigenvalue weighted by atomic mass is 35.5. The van der Waals surface area contributed by atoms with E-state index < -0.39 is 17.7 Å². The van der Waals surface area contributed by atoms with Crippen molar-refractivity contribution in [3.8, 4) is 6.07 Å². The molecule has 0 spiro atoms. The quantitative estimate of drug-likeness (QED) is 0.327. The van der Waals surface area contributed by atoms with E-state index in [0.29, 0.717) is 16.2 Å². The van der Waals surface area contributed by atoms with Gasteiger partial charge in [0.1, 0.15) is 0 Å². The first-order valence-electron chi connectivity index (χ1n) is 10.0. The highest BCUT2D eigenvalue weighted by Crippen LogP contribution is 2.47. The summed E-state index contributed by atoms with van der Waals surface area (Å²) in [5, 5.41) is 31.2. The Bertz CT molecular complexity index is 1370. The first-order chi connectivity index (χ1) is 15.5. The summed E-state index contributed by atoms with van der Waals surface area (Å²) in [6.45, 7) is 0. The molecule has 4 nitrogen and oxygen atoms in total. The van der Waals surface area contributed by atoms with Crippen LogP contribution >= 0.6 is 22.9 Å². The Hall–Kier alpha value is -2.95. The van der Waals surface area contributed by atoms with Gasteiger partial charge in [-0.05, 0) is 40.6 Å². The van der Waals surface area contributed by atoms with Crippen molar-refractivity contribution in [3.63, 3.8) is 0 Å². The number of allylic oxidation sites excluding steroid dienone is 1. The number of halogens is 1. The molecular weight excluding hydrogens is 458 g/mol. The number of thiophene rings is 1. The van der Waals surface area contributed by atoms with Crippen LogP contribution < -0.4 is 9.88 Å². The molecule has 1 aliphatic heterocycles. The van der Waals surface area contributed by atoms with Crippen LogP contribution in [0.2, 0.25) is 5.02 Å². The number of benzene rings is 2. The number of aliphatic hydroxyl groups is 1. The van der Waals surface area contributed by atoms with Crippen molar-refractivity contribution in [1.29, 1.82) is 5.26 Å². The maximum Gasteiger partial charge on any atom is 0.225 e. The molecular formula is C25H18ClN3OS2. The highest BCUT2D eigenvalue weighted by molar-refractivity contribution is 7.63. The number of pyridine rings is 1. The van der Waals surface area contributed by atoms with Gasteiger partial charge in [0.15, 0.2) is 6.20 Å². The second-order valence-electron chi connectivity index (χ2n) is 7.71. The van der Waals surface area contributed by atoms with Gasteiger partial charge >= 0.3 is 0 Å². The monoisotopic (exact) mass is 475 g/mol. The van der Waals surface area contributed by atoms with Gasteiger partial charge in [-0.25, -0.2) is 0 Å². The van der Waals surface area contributed by atoms with E-state index in [1.807, 2.05) is 88.3 Å². The fourth-order valence-corrected chi connectivity index (χ4v) is 5.73. The normalized spacial score (nSPS) is 23.0. The molecule has 0 saturated heterocycles. The van der Waals surface area contributed by atoms with Crippen LogP contribution in [0.25, 0.3) is 10.9 Å². The standard InChI is InChI=1S/C25H18ClN3OS2/c26-19-8-9-21-16(13-19)5-4-11-29(21)23-22(17-10-12-32-15-17)20(14-27)24(31)28-25(23,30)18-6-2-1-3-7-18/h1-13,15,22-23,28,30H. The van der Waals surface area contributed by atoms with Crippen molar-refractivity contribution in [2.24, 2.45) is 0 Å². The van der Waals surface area contributed by atoms with Crippen LogP contribution in [0.1, 0.15) is 23.1 Å². The minimum Gasteiger partial charge on any atom is -0.762 e. The van der Waals surface area contributed by atoms with Crippen LogP contribution in [0.3, 0.4) is 0 Å². The molecule has 0 amide bonds. The first kappa shape index (κ1) is 20.9. The minimum absolute atomic E-state index is 0.259. The van der Waals surface area contributed by atoms with E-state index in [-0.39, 0.29) is 5.03 Å². The number of aromatic nitrogens is 1. The molecule has 1 aliphatic rings. The van der Waals surface area contributed by atoms with E-state index in [1.54, 1.807) is 11.3 Å². The zero-order valence-corrected chi connectivity index (χ0v) is 19.2. The van der Waals surface area contributed by atoms with E-state index >= 15 is 0 Å². The van der Waals surface area contributed by atoms with E-state index in [9.17, 15) is 10.4 Å². The molecule has 2 aromatic carbocycles. The lowest BCUT2D eigenvalue weighted by molar-refractivity contribution is -0.720. The van der Waals surface area contributed by atoms with Gasteiger partial charge in [-0.15, -0.1) is 0 Å². The van der Waals surface area contributed by atoms with Crippen molar-refractivity contribution >= 4 is 46.5 Å². The van der Waals surface area contributed by atoms with Gasteiger partial charge in [-0.1, -0.05) is 47.0 Å². The average molecular weight is 476 g/mol. The molecule has 0 fully saturated rings. The number of fused-ring (bicyclic) bond motifs is 1. The number of rotatable bonds is 3. The summed E-state index contributed by atoms with van der Waals surface area (Å²) >= 11 is 13.4. The van der Waals surface area contributed by atoms with Gasteiger partial charge in [-0.2, -0.15) is 21.2 Å². The maximum absolute atomic E-state index is 12.3. The zero-order valence-electron chi connectivity index (χ0n) is 16.8. The SMILES string of the molecule is N#CC1=C([S-])NC(O)(c2ccccc2)C([n+]2cccc3cc(Cl)ccc32)C1c1ccsc1. The van der Waals surface area contributed by atoms with Crippen molar-refractivity contribution in [2.45, 2.75) is 17.7 Å². The maximum atomic E-state index is 12.3. The van der Waals surface area contributed by atoms with E-state index in [1.165, 1.54) is 0 Å². The molecule has 7 heteroatoms. The van der Waals surface area contributed by atoms with Gasteiger partial charge < -0.3 is 23.1 Å². The fourth-order valence-electron chi connectivity index (χ4n) is 4.53. The third kappa shape index (κ3) is 3.35. The smallest absolute Gasteiger partial charge is 0.225 e. The van der Waals surface area contributed by atoms with Gasteiger partial charge in [-0.3, -0.25) is 0 Å². The van der Waals surface area contributed by atoms with E-state index in [2.05, 4.69) is 11.4 Å². The van der Waals surface area contributed by atoms with Gasteiger partial charge in [0, 0.05) is 33.7 Å². The Balaban J connectivity index is 1.85. The summed E-state index contributed by atoms with van der Waals surface area (Å²) in [6, 6.07) is 22.7. The predicted octanol–water partition coefficient (Wildman–Crippen LogP) is 4.90. The van der Waals surface area contributed by atoms with Crippen LogP contribution in [-0.4, -0.2) is 5.11 Å². The van der Waals surface area contributed by atoms with Crippen LogP contribution in [0.15, 0.2) is 94.3 Å². The molecule has 3 heterocycles. The van der Waals surface area contributed by atoms with Crippen molar-refractivity contribution < 1.29 is 9.67 Å².